The molecule has 8 heteroatoms. The molecule has 1 aliphatic carbocycles. The molecule has 1 saturated carbocycles. The van der Waals surface area contributed by atoms with E-state index in [-0.39, 0.29) is 49.6 Å². The van der Waals surface area contributed by atoms with Crippen LogP contribution in [0.2, 0.25) is 0 Å². The van der Waals surface area contributed by atoms with Crippen molar-refractivity contribution in [2.75, 3.05) is 13.2 Å². The number of ketones is 1. The smallest absolute Gasteiger partial charge is 0.305 e. The fourth-order valence-electron chi connectivity index (χ4n) is 6.95. The zero-order valence-electron chi connectivity index (χ0n) is 33.3. The molecule has 0 spiro atoms. The van der Waals surface area contributed by atoms with Gasteiger partial charge in [0, 0.05) is 31.1 Å². The van der Waals surface area contributed by atoms with Gasteiger partial charge in [-0.2, -0.15) is 0 Å². The maximum absolute atomic E-state index is 12.4. The number of unbranched alkanes of at least 4 members (excludes halogenated alkanes) is 20. The highest BCUT2D eigenvalue weighted by Crippen LogP contribution is 2.33. The molecule has 1 aliphatic rings. The van der Waals surface area contributed by atoms with Gasteiger partial charge >= 0.3 is 11.9 Å². The van der Waals surface area contributed by atoms with Gasteiger partial charge in [0.15, 0.2) is 0 Å². The SMILES string of the molecule is CCCCCCCCCCCCCCCCCCCCC(=O)OC[C@@H](O)COC(=O)CCC/C=C\C[C@H]1C(=O)C[C@@H](O)[C@@H]1/C=C/[C@@H](O)CCCCC. The molecule has 302 valence electrons. The van der Waals surface area contributed by atoms with Crippen molar-refractivity contribution in [3.63, 3.8) is 0 Å². The molecule has 1 rings (SSSR count). The van der Waals surface area contributed by atoms with Crippen molar-refractivity contribution < 1.29 is 39.2 Å². The molecule has 52 heavy (non-hydrogen) atoms. The third-order valence-electron chi connectivity index (χ3n) is 10.3. The highest BCUT2D eigenvalue weighted by molar-refractivity contribution is 5.84. The second-order valence-corrected chi connectivity index (χ2v) is 15.2. The van der Waals surface area contributed by atoms with Crippen molar-refractivity contribution in [2.45, 2.75) is 212 Å². The molecule has 8 nitrogen and oxygen atoms in total. The van der Waals surface area contributed by atoms with Gasteiger partial charge in [0.25, 0.3) is 0 Å². The Morgan fingerprint density at radius 3 is 1.65 bits per heavy atom. The number of esters is 2. The number of ether oxygens (including phenoxy) is 2. The van der Waals surface area contributed by atoms with E-state index in [4.69, 9.17) is 9.47 Å². The van der Waals surface area contributed by atoms with Gasteiger partial charge in [0.1, 0.15) is 25.1 Å². The molecule has 0 aromatic carbocycles. The zero-order chi connectivity index (χ0) is 38.1. The first-order valence-electron chi connectivity index (χ1n) is 21.5. The minimum absolute atomic E-state index is 0.0330. The lowest BCUT2D eigenvalue weighted by atomic mass is 9.90. The first kappa shape index (κ1) is 48.0. The zero-order valence-corrected chi connectivity index (χ0v) is 33.3. The van der Waals surface area contributed by atoms with Crippen LogP contribution in [0.1, 0.15) is 194 Å². The summed E-state index contributed by atoms with van der Waals surface area (Å²) in [7, 11) is 0. The van der Waals surface area contributed by atoms with Gasteiger partial charge in [0.2, 0.25) is 0 Å². The summed E-state index contributed by atoms with van der Waals surface area (Å²) in [6.45, 7) is 3.99. The molecule has 0 radical (unpaired) electrons. The third kappa shape index (κ3) is 26.7. The summed E-state index contributed by atoms with van der Waals surface area (Å²) in [6, 6.07) is 0. The van der Waals surface area contributed by atoms with Gasteiger partial charge in [-0.3, -0.25) is 14.4 Å². The van der Waals surface area contributed by atoms with Gasteiger partial charge in [0.05, 0.1) is 12.2 Å². The predicted octanol–water partition coefficient (Wildman–Crippen LogP) is 10.0. The van der Waals surface area contributed by atoms with Gasteiger partial charge in [-0.1, -0.05) is 167 Å². The quantitative estimate of drug-likeness (QED) is 0.0333. The first-order valence-corrected chi connectivity index (χ1v) is 21.5. The summed E-state index contributed by atoms with van der Waals surface area (Å²) in [5.41, 5.74) is 0. The summed E-state index contributed by atoms with van der Waals surface area (Å²) in [4.78, 5) is 36.6. The van der Waals surface area contributed by atoms with E-state index in [9.17, 15) is 29.7 Å². The van der Waals surface area contributed by atoms with Crippen LogP contribution in [0.3, 0.4) is 0 Å². The Morgan fingerprint density at radius 2 is 1.13 bits per heavy atom. The Kier molecular flexibility index (Phi) is 30.9. The standard InChI is InChI=1S/C44H78O8/c1-3-5-7-8-9-10-11-12-13-14-15-16-17-18-19-20-21-26-30-43(49)51-35-38(46)36-52-44(50)31-27-23-22-25-29-39-40(42(48)34-41(39)47)33-32-37(45)28-24-6-4-2/h22,25,32-33,37-40,42,45-46,48H,3-21,23-24,26-31,34-36H2,1-2H3/b25-22-,33-32+/t37-,38+,39+,40+,42+/m0/s1. The third-order valence-corrected chi connectivity index (χ3v) is 10.3. The average Bonchev–Trinajstić information content (AvgIpc) is 3.40. The summed E-state index contributed by atoms with van der Waals surface area (Å²) in [6.07, 6.45) is 34.5. The van der Waals surface area contributed by atoms with Crippen molar-refractivity contribution in [3.05, 3.63) is 24.3 Å². The van der Waals surface area contributed by atoms with Crippen molar-refractivity contribution in [1.29, 1.82) is 0 Å². The highest BCUT2D eigenvalue weighted by atomic mass is 16.6. The minimum atomic E-state index is -1.05. The highest BCUT2D eigenvalue weighted by Gasteiger charge is 2.39. The van der Waals surface area contributed by atoms with E-state index in [1.165, 1.54) is 96.3 Å². The molecule has 0 unspecified atom stereocenters. The Balaban J connectivity index is 1.99. The van der Waals surface area contributed by atoms with Crippen molar-refractivity contribution in [1.82, 2.24) is 0 Å². The number of aliphatic hydroxyl groups is 3. The topological polar surface area (TPSA) is 130 Å². The molecule has 0 aromatic rings. The summed E-state index contributed by atoms with van der Waals surface area (Å²) in [5, 5.41) is 30.6. The molecule has 5 atom stereocenters. The van der Waals surface area contributed by atoms with E-state index in [1.54, 1.807) is 12.2 Å². The second kappa shape index (κ2) is 33.5. The van der Waals surface area contributed by atoms with Crippen LogP contribution in [0.25, 0.3) is 0 Å². The van der Waals surface area contributed by atoms with Crippen LogP contribution in [-0.2, 0) is 23.9 Å². The molecular formula is C44H78O8. The van der Waals surface area contributed by atoms with Gasteiger partial charge in [-0.25, -0.2) is 0 Å². The number of carbonyl (C=O) groups is 3. The first-order chi connectivity index (χ1) is 25.3. The second-order valence-electron chi connectivity index (χ2n) is 15.2. The van der Waals surface area contributed by atoms with E-state index in [0.29, 0.717) is 32.1 Å². The van der Waals surface area contributed by atoms with Crippen molar-refractivity contribution in [2.24, 2.45) is 11.8 Å². The Hall–Kier alpha value is -2.03. The molecule has 1 fully saturated rings. The van der Waals surface area contributed by atoms with Crippen LogP contribution in [0, 0.1) is 11.8 Å². The normalized spacial score (nSPS) is 18.8. The van der Waals surface area contributed by atoms with Crippen molar-refractivity contribution >= 4 is 17.7 Å². The van der Waals surface area contributed by atoms with Crippen LogP contribution in [0.4, 0.5) is 0 Å². The number of rotatable bonds is 35. The summed E-state index contributed by atoms with van der Waals surface area (Å²) >= 11 is 0. The molecule has 0 bridgehead atoms. The van der Waals surface area contributed by atoms with E-state index >= 15 is 0 Å². The molecule has 0 saturated heterocycles. The molecule has 0 aromatic heterocycles. The van der Waals surface area contributed by atoms with Crippen LogP contribution in [0.5, 0.6) is 0 Å². The largest absolute Gasteiger partial charge is 0.463 e. The monoisotopic (exact) mass is 735 g/mol. The van der Waals surface area contributed by atoms with Crippen LogP contribution < -0.4 is 0 Å². The number of Topliss-reactive ketones (excluding diaryl/α,β-unsaturated/α-hetero) is 1. The molecule has 0 aliphatic heterocycles. The number of aliphatic hydroxyl groups excluding tert-OH is 3. The molecule has 3 N–H and O–H groups in total. The van der Waals surface area contributed by atoms with E-state index in [2.05, 4.69) is 13.8 Å². The number of hydrogen-bond acceptors (Lipinski definition) is 8. The Morgan fingerprint density at radius 1 is 0.673 bits per heavy atom. The predicted molar refractivity (Wildman–Crippen MR) is 211 cm³/mol. The van der Waals surface area contributed by atoms with Crippen molar-refractivity contribution in [3.8, 4) is 0 Å². The van der Waals surface area contributed by atoms with Crippen LogP contribution in [-0.4, -0.2) is 64.6 Å². The fraction of sp³-hybridized carbons (Fsp3) is 0.841. The Labute approximate surface area is 317 Å². The molecular weight excluding hydrogens is 656 g/mol. The Bertz CT molecular complexity index is 947. The van der Waals surface area contributed by atoms with Gasteiger partial charge < -0.3 is 24.8 Å². The number of allylic oxidation sites excluding steroid dienone is 2. The minimum Gasteiger partial charge on any atom is -0.463 e. The maximum atomic E-state index is 12.4. The van der Waals surface area contributed by atoms with E-state index < -0.39 is 24.3 Å². The van der Waals surface area contributed by atoms with Crippen LogP contribution in [0.15, 0.2) is 24.3 Å². The maximum Gasteiger partial charge on any atom is 0.305 e. The fourth-order valence-corrected chi connectivity index (χ4v) is 6.95. The lowest BCUT2D eigenvalue weighted by Gasteiger charge is -2.16. The molecule has 0 heterocycles. The summed E-state index contributed by atoms with van der Waals surface area (Å²) in [5.74, 6) is -1.33. The van der Waals surface area contributed by atoms with Gasteiger partial charge in [-0.15, -0.1) is 0 Å². The van der Waals surface area contributed by atoms with Gasteiger partial charge in [-0.05, 0) is 32.1 Å². The summed E-state index contributed by atoms with van der Waals surface area (Å²) < 4.78 is 10.3. The van der Waals surface area contributed by atoms with E-state index in [1.807, 2.05) is 12.2 Å². The van der Waals surface area contributed by atoms with Crippen LogP contribution >= 0.6 is 0 Å². The average molecular weight is 735 g/mol. The van der Waals surface area contributed by atoms with E-state index in [0.717, 1.165) is 38.5 Å². The lowest BCUT2D eigenvalue weighted by molar-refractivity contribution is -0.152. The molecule has 0 amide bonds. The lowest BCUT2D eigenvalue weighted by Crippen LogP contribution is -2.25. The number of hydrogen-bond donors (Lipinski definition) is 3. The number of carbonyl (C=O) groups excluding carboxylic acids is 3.